The predicted octanol–water partition coefficient (Wildman–Crippen LogP) is -2.62. The van der Waals surface area contributed by atoms with Crippen molar-refractivity contribution in [1.82, 2.24) is 21.3 Å². The summed E-state index contributed by atoms with van der Waals surface area (Å²) in [6, 6.07) is -8.51. The van der Waals surface area contributed by atoms with Crippen molar-refractivity contribution in [2.75, 3.05) is 18.9 Å². The number of rotatable bonds is 27. The summed E-state index contributed by atoms with van der Waals surface area (Å²) in [4.78, 5) is 102. The maximum Gasteiger partial charge on any atom is 0.327 e. The van der Waals surface area contributed by atoms with Crippen molar-refractivity contribution in [3.8, 4) is 0 Å². The molecule has 0 radical (unpaired) electrons. The van der Waals surface area contributed by atoms with Crippen molar-refractivity contribution in [2.24, 2.45) is 28.1 Å². The van der Waals surface area contributed by atoms with Gasteiger partial charge in [0.05, 0.1) is 36.8 Å². The first-order valence-electron chi connectivity index (χ1n) is 15.2. The summed E-state index contributed by atoms with van der Waals surface area (Å²) in [5, 5.41) is 45.9. The third kappa shape index (κ3) is 20.5. The number of amides is 4. The normalized spacial score (nSPS) is 14.3. The van der Waals surface area contributed by atoms with Crippen LogP contribution in [0.2, 0.25) is 0 Å². The minimum Gasteiger partial charge on any atom is -0.501 e. The predicted molar refractivity (Wildman–Crippen MR) is 185 cm³/mol. The second kappa shape index (κ2) is 24.4. The number of nitrogens with two attached hydrogens (primary N) is 3. The second-order valence-electron chi connectivity index (χ2n) is 11.1. The summed E-state index contributed by atoms with van der Waals surface area (Å²) in [6.45, 7) is 7.57. The maximum atomic E-state index is 13.2. The quantitative estimate of drug-likeness (QED) is 0.0134. The van der Waals surface area contributed by atoms with E-state index in [0.29, 0.717) is 0 Å². The molecular formula is C28H46N8O13S2. The Labute approximate surface area is 300 Å². The fourth-order valence-electron chi connectivity index (χ4n) is 3.78. The molecule has 0 fully saturated rings. The van der Waals surface area contributed by atoms with Crippen molar-refractivity contribution < 1.29 is 63.5 Å². The number of hydrogen-bond donors (Lipinski definition) is 11. The number of carboxylic acids is 4. The van der Waals surface area contributed by atoms with E-state index in [1.165, 1.54) is 17.1 Å². The van der Waals surface area contributed by atoms with Gasteiger partial charge in [-0.2, -0.15) is 0 Å². The number of hydrogen-bond acceptors (Lipinski definition) is 13. The Hall–Kier alpha value is -4.77. The van der Waals surface area contributed by atoms with Gasteiger partial charge in [-0.05, 0) is 18.8 Å². The largest absolute Gasteiger partial charge is 0.501 e. The van der Waals surface area contributed by atoms with Crippen LogP contribution in [0.15, 0.2) is 17.8 Å². The number of nitrogens with zero attached hydrogens (tertiary/aromatic N) is 1. The summed E-state index contributed by atoms with van der Waals surface area (Å²) in [7, 11) is 2.40. The lowest BCUT2D eigenvalue weighted by molar-refractivity contribution is -0.144. The van der Waals surface area contributed by atoms with Gasteiger partial charge in [-0.3, -0.25) is 38.6 Å². The van der Waals surface area contributed by atoms with Crippen LogP contribution >= 0.6 is 21.6 Å². The first kappa shape index (κ1) is 46.2. The van der Waals surface area contributed by atoms with Crippen LogP contribution in [0.1, 0.15) is 46.0 Å². The van der Waals surface area contributed by atoms with E-state index >= 15 is 0 Å². The highest BCUT2D eigenvalue weighted by atomic mass is 33.1. The van der Waals surface area contributed by atoms with E-state index in [9.17, 15) is 53.7 Å². The van der Waals surface area contributed by atoms with Crippen molar-refractivity contribution in [3.63, 3.8) is 0 Å². The van der Waals surface area contributed by atoms with Crippen LogP contribution in [0.3, 0.4) is 0 Å². The van der Waals surface area contributed by atoms with Gasteiger partial charge in [0.1, 0.15) is 30.8 Å². The smallest absolute Gasteiger partial charge is 0.327 e. The molecule has 0 saturated heterocycles. The van der Waals surface area contributed by atoms with E-state index in [-0.39, 0.29) is 48.9 Å². The van der Waals surface area contributed by atoms with Gasteiger partial charge < -0.3 is 63.6 Å². The zero-order valence-corrected chi connectivity index (χ0v) is 29.6. The van der Waals surface area contributed by atoms with E-state index in [1.54, 1.807) is 0 Å². The van der Waals surface area contributed by atoms with Crippen molar-refractivity contribution in [2.45, 2.75) is 81.4 Å². The fraction of sp³-hybridized carbons (Fsp3) is 0.607. The summed E-state index contributed by atoms with van der Waals surface area (Å²) in [5.74, 6) is -11.2. The maximum absolute atomic E-state index is 13.2. The molecule has 0 aliphatic heterocycles. The molecule has 0 aromatic heterocycles. The number of guanidine groups is 1. The van der Waals surface area contributed by atoms with Crippen LogP contribution in [0.4, 0.5) is 0 Å². The summed E-state index contributed by atoms with van der Waals surface area (Å²) in [5.41, 5.74) is 16.1. The Balaban J connectivity index is 5.99. The Morgan fingerprint density at radius 3 is 1.67 bits per heavy atom. The molecule has 0 bridgehead atoms. The molecular weight excluding hydrogens is 720 g/mol. The van der Waals surface area contributed by atoms with Crippen molar-refractivity contribution >= 4 is 75.1 Å². The first-order valence-corrected chi connectivity index (χ1v) is 17.6. The van der Waals surface area contributed by atoms with Gasteiger partial charge in [-0.25, -0.2) is 4.79 Å². The van der Waals surface area contributed by atoms with Crippen LogP contribution in [-0.2, 0) is 43.1 Å². The van der Waals surface area contributed by atoms with Gasteiger partial charge in [-0.15, -0.1) is 0 Å². The van der Waals surface area contributed by atoms with Gasteiger partial charge in [-0.1, -0.05) is 42.0 Å². The Kier molecular flexibility index (Phi) is 22.1. The van der Waals surface area contributed by atoms with Gasteiger partial charge in [0.15, 0.2) is 5.96 Å². The monoisotopic (exact) mass is 766 g/mol. The zero-order chi connectivity index (χ0) is 39.3. The highest BCUT2D eigenvalue weighted by Crippen LogP contribution is 2.32. The average molecular weight is 767 g/mol. The number of aliphatic carboxylic acids is 4. The molecule has 0 heterocycles. The van der Waals surface area contributed by atoms with E-state index in [0.717, 1.165) is 10.8 Å². The number of carbonyl (C=O) groups is 8. The molecule has 0 aliphatic carbocycles. The second-order valence-corrected chi connectivity index (χ2v) is 13.7. The van der Waals surface area contributed by atoms with Crippen LogP contribution in [-0.4, -0.2) is 128 Å². The molecule has 23 heteroatoms. The number of aliphatic imine (C=N–C) groups is 1. The van der Waals surface area contributed by atoms with Crippen molar-refractivity contribution in [3.05, 3.63) is 12.8 Å². The third-order valence-electron chi connectivity index (χ3n) is 6.50. The lowest BCUT2D eigenvalue weighted by Gasteiger charge is -2.25. The van der Waals surface area contributed by atoms with Gasteiger partial charge in [0.25, 0.3) is 0 Å². The molecule has 0 aromatic carbocycles. The number of nitrogens with one attached hydrogen (secondary N) is 4. The molecule has 51 heavy (non-hydrogen) atoms. The van der Waals surface area contributed by atoms with Crippen LogP contribution < -0.4 is 38.5 Å². The molecule has 0 saturated carbocycles. The van der Waals surface area contributed by atoms with E-state index in [2.05, 4.69) is 27.5 Å². The van der Waals surface area contributed by atoms with Crippen LogP contribution in [0.25, 0.3) is 0 Å². The Morgan fingerprint density at radius 2 is 1.24 bits per heavy atom. The van der Waals surface area contributed by atoms with Crippen LogP contribution in [0.5, 0.6) is 0 Å². The Morgan fingerprint density at radius 1 is 0.765 bits per heavy atom. The minimum absolute atomic E-state index is 0.0231. The average Bonchev–Trinajstić information content (AvgIpc) is 3.01. The summed E-state index contributed by atoms with van der Waals surface area (Å²) >= 11 is 0. The topological polar surface area (TPSA) is 365 Å². The van der Waals surface area contributed by atoms with Crippen molar-refractivity contribution in [1.29, 1.82) is 0 Å². The lowest BCUT2D eigenvalue weighted by atomic mass is 10.1. The number of carbonyl (C=O) groups excluding carboxylic acids is 4. The summed E-state index contributed by atoms with van der Waals surface area (Å²) in [6.07, 6.45) is -1.81. The molecule has 6 atom stereocenters. The standard InChI is InChI=1S/C28H46N8O13S2/c1-4-49-11-19(13(2)3)51-50-12-18(27(47)48)36-26(46)17(10-22(41)42)35-25(45)16(9-21(39)40)34-24(44)15(6-5-7-32-28(30)31)33-23(43)14(29)8-20(37)38/h4,13-19H,1,5-12,29H2,2-3H3,(H,33,43)(H,34,44)(H,35,45)(H,36,46)(H,37,38)(H,39,40)(H,41,42)(H,47,48)(H4,30,31,32)/t14-,15-,16-,17-,18-,19+/m0/s1. The SMILES string of the molecule is C=COC[C@@H](SSC[C@H](NC(=O)[C@H](CC(=O)O)NC(=O)[C@H](CC(=O)O)NC(=O)[C@H](CCCN=C(N)N)NC(=O)[C@@H](N)CC(=O)O)C(=O)O)C(C)C. The molecule has 21 nitrogen and oxygen atoms in total. The first-order chi connectivity index (χ1) is 23.8. The Bertz CT molecular complexity index is 1280. The van der Waals surface area contributed by atoms with Gasteiger partial charge in [0.2, 0.25) is 23.6 Å². The molecule has 4 amide bonds. The van der Waals surface area contributed by atoms with Gasteiger partial charge in [0, 0.05) is 12.3 Å². The highest BCUT2D eigenvalue weighted by Gasteiger charge is 2.34. The highest BCUT2D eigenvalue weighted by molar-refractivity contribution is 8.77. The lowest BCUT2D eigenvalue weighted by Crippen LogP contribution is -2.59. The minimum atomic E-state index is -1.95. The molecule has 0 spiro atoms. The number of carboxylic acid groups (broad SMARTS) is 4. The fourth-order valence-corrected chi connectivity index (χ4v) is 6.75. The van der Waals surface area contributed by atoms with Gasteiger partial charge >= 0.3 is 23.9 Å². The zero-order valence-electron chi connectivity index (χ0n) is 27.9. The van der Waals surface area contributed by atoms with Crippen LogP contribution in [0, 0.1) is 5.92 Å². The molecule has 0 aliphatic rings. The molecule has 0 unspecified atom stereocenters. The number of ether oxygens (including phenoxy) is 1. The molecule has 0 aromatic rings. The van der Waals surface area contributed by atoms with E-state index in [4.69, 9.17) is 27.0 Å². The molecule has 288 valence electrons. The molecule has 0 rings (SSSR count). The van der Waals surface area contributed by atoms with E-state index < -0.39 is 97.0 Å². The van der Waals surface area contributed by atoms with E-state index in [1.807, 2.05) is 19.2 Å². The summed E-state index contributed by atoms with van der Waals surface area (Å²) < 4.78 is 5.21. The third-order valence-corrected chi connectivity index (χ3v) is 9.59. The molecule has 14 N–H and O–H groups in total.